The summed E-state index contributed by atoms with van der Waals surface area (Å²) in [4.78, 5) is 62.4. The Hall–Kier alpha value is -5.53. The molecule has 530 valence electrons. The second-order valence-corrected chi connectivity index (χ2v) is 20.8. The number of hydrogen-bond donors (Lipinski definition) is 0. The number of likely N-dealkylation sites (N-methyl/N-ethyl adjacent to an activating group) is 1. The Morgan fingerprint density at radius 1 is 0.725 bits per heavy atom. The fourth-order valence-corrected chi connectivity index (χ4v) is 5.71. The van der Waals surface area contributed by atoms with Gasteiger partial charge in [0.2, 0.25) is 0 Å². The molecule has 0 aromatic heterocycles. The molecule has 0 bridgehead atoms. The van der Waals surface area contributed by atoms with Crippen molar-refractivity contribution in [2.75, 3.05) is 158 Å². The van der Waals surface area contributed by atoms with Crippen molar-refractivity contribution >= 4 is 35.5 Å². The van der Waals surface area contributed by atoms with E-state index < -0.39 is 23.7 Å². The fourth-order valence-electron chi connectivity index (χ4n) is 5.71. The molecule has 7 atom stereocenters. The Morgan fingerprint density at radius 2 is 1.22 bits per heavy atom. The molecular formula is C64H110F3NO23. The van der Waals surface area contributed by atoms with Crippen molar-refractivity contribution in [1.29, 1.82) is 0 Å². The summed E-state index contributed by atoms with van der Waals surface area (Å²) in [5.41, 5.74) is -0.402. The van der Waals surface area contributed by atoms with Crippen LogP contribution in [0.15, 0.2) is 87.3 Å². The molecule has 7 unspecified atom stereocenters. The first-order valence-electron chi connectivity index (χ1n) is 28.7. The first kappa shape index (κ1) is 94.2. The predicted octanol–water partition coefficient (Wildman–Crippen LogP) is 8.16. The number of alkyl halides is 3. The number of methoxy groups -OCH3 is 10. The highest BCUT2D eigenvalue weighted by molar-refractivity contribution is 6.12. The summed E-state index contributed by atoms with van der Waals surface area (Å²) in [6.45, 7) is 41.8. The molecule has 2 amide bonds. The summed E-state index contributed by atoms with van der Waals surface area (Å²) in [5, 5.41) is 0. The standard InChI is InChI=1S/C8H14O2.C7H14O2.C6H10O3.C5H5F3O2.C5H5NO2.C5H10O2.C5H8O2.C5H10O.C4H8O2.C4H6O2.C4H8O.2C3H6O/c1-9-5-6-2-3-7-8(4-6)10-7;1-3-7(4-8-2)5-9-6-7;1-3-6(7)4-9-5-8-2;1-3(4(9)10-2)5(6,7)8;1-6-4(7)2-3-5(6)8;1-5(3-6-2)4-7-5;1-4(2)5(6)7-3;1-4-5(2,3)6-4;1-5-2-4-3-6-4;1-3-4(5)6-2;1-3-4-5-2;1-3-2-4-3;1-3-4-2/h6-8H,2-5H2,1H3;3-6H2,1-2H3;3H,1,4-5H2,2H3;1H2,2H3;2-3H,1H3;3-4H2,1-2H3;1H2,2-3H3;4H,1-3H3;4H,2-3H2,1H3;3H,1H2,2H3;3H,1,4H2,2H3;3H,2H2,1H3;3H,1H2,2H3. The molecule has 0 aromatic rings. The SMILES string of the molecule is C=C(C(=O)OC)C(F)(F)F.C=C(C)C(=O)OC.C=CC(=O)COCOC.C=CC(=O)OC.C=CCOC.C=COC.CC1CO1.CC1OC1(C)C.CCC1(COC)COC1.CN1C(=O)C=CC1=O.COCC1(C)CO1.COCC1CCC2OC2C1.COCC1CO1. The molecule has 7 fully saturated rings. The maximum absolute atomic E-state index is 11.5. The maximum Gasteiger partial charge on any atom is 0.422 e. The van der Waals surface area contributed by atoms with E-state index in [2.05, 4.69) is 103 Å². The summed E-state index contributed by atoms with van der Waals surface area (Å²) in [5.74, 6) is -2.03. The quantitative estimate of drug-likeness (QED) is 0.0128. The maximum atomic E-state index is 11.5. The van der Waals surface area contributed by atoms with Crippen LogP contribution in [0.25, 0.3) is 0 Å². The highest BCUT2D eigenvalue weighted by atomic mass is 19.4. The highest BCUT2D eigenvalue weighted by Gasteiger charge is 2.44. The summed E-state index contributed by atoms with van der Waals surface area (Å²) in [7, 11) is 16.5. The van der Waals surface area contributed by atoms with Crippen LogP contribution >= 0.6 is 0 Å². The second-order valence-electron chi connectivity index (χ2n) is 20.8. The number of imide groups is 1. The number of ether oxygens (including phenoxy) is 17. The first-order valence-corrected chi connectivity index (χ1v) is 28.7. The molecule has 1 saturated carbocycles. The van der Waals surface area contributed by atoms with E-state index in [1.54, 1.807) is 55.7 Å². The van der Waals surface area contributed by atoms with Crippen molar-refractivity contribution in [3.05, 3.63) is 87.3 Å². The molecule has 24 nitrogen and oxygen atoms in total. The molecular weight excluding hydrogens is 1210 g/mol. The Bertz CT molecular complexity index is 2050. The van der Waals surface area contributed by atoms with Gasteiger partial charge in [-0.3, -0.25) is 19.3 Å². The van der Waals surface area contributed by atoms with Gasteiger partial charge >= 0.3 is 24.1 Å². The number of hydrogen-bond acceptors (Lipinski definition) is 23. The average molecular weight is 1320 g/mol. The number of epoxide rings is 5. The van der Waals surface area contributed by atoms with Crippen LogP contribution in [-0.2, 0) is 109 Å². The van der Waals surface area contributed by atoms with Gasteiger partial charge in [0.15, 0.2) is 5.78 Å². The Labute approximate surface area is 539 Å². The largest absolute Gasteiger partial charge is 0.505 e. The molecule has 27 heteroatoms. The molecule has 7 heterocycles. The highest BCUT2D eigenvalue weighted by Crippen LogP contribution is 2.39. The van der Waals surface area contributed by atoms with Gasteiger partial charge in [0.05, 0.1) is 124 Å². The molecule has 91 heavy (non-hydrogen) atoms. The normalized spacial score (nSPS) is 21.9. The van der Waals surface area contributed by atoms with Crippen molar-refractivity contribution < 1.29 is 122 Å². The van der Waals surface area contributed by atoms with Gasteiger partial charge in [0.1, 0.15) is 30.7 Å². The number of fused-ring (bicyclic) bond motifs is 1. The third-order valence-corrected chi connectivity index (χ3v) is 12.1. The first-order chi connectivity index (χ1) is 42.7. The van der Waals surface area contributed by atoms with E-state index in [0.29, 0.717) is 48.1 Å². The summed E-state index contributed by atoms with van der Waals surface area (Å²) >= 11 is 0. The average Bonchev–Trinajstić information content (AvgIpc) is 1.79. The van der Waals surface area contributed by atoms with Crippen LogP contribution in [0.1, 0.15) is 74.1 Å². The minimum absolute atomic E-state index is 0.0529. The van der Waals surface area contributed by atoms with Gasteiger partial charge in [-0.2, -0.15) is 13.2 Å². The lowest BCUT2D eigenvalue weighted by atomic mass is 9.84. The lowest BCUT2D eigenvalue weighted by Gasteiger charge is -2.39. The van der Waals surface area contributed by atoms with Crippen molar-refractivity contribution in [2.24, 2.45) is 11.3 Å². The molecule has 0 aromatic carbocycles. The molecule has 0 spiro atoms. The summed E-state index contributed by atoms with van der Waals surface area (Å²) < 4.78 is 115. The second kappa shape index (κ2) is 56.0. The Balaban J connectivity index is -0.000000296. The van der Waals surface area contributed by atoms with E-state index in [0.717, 1.165) is 83.5 Å². The number of rotatable bonds is 20. The van der Waals surface area contributed by atoms with Crippen LogP contribution in [0, 0.1) is 11.3 Å². The number of carbonyl (C=O) groups excluding carboxylic acids is 6. The van der Waals surface area contributed by atoms with Crippen LogP contribution in [0.3, 0.4) is 0 Å². The van der Waals surface area contributed by atoms with Crippen molar-refractivity contribution in [2.45, 2.75) is 122 Å². The van der Waals surface area contributed by atoms with Crippen LogP contribution in [0.4, 0.5) is 13.2 Å². The predicted molar refractivity (Wildman–Crippen MR) is 337 cm³/mol. The van der Waals surface area contributed by atoms with Crippen molar-refractivity contribution in [3.8, 4) is 0 Å². The van der Waals surface area contributed by atoms with Crippen molar-refractivity contribution in [1.82, 2.24) is 4.90 Å². The third-order valence-electron chi connectivity index (χ3n) is 12.1. The van der Waals surface area contributed by atoms with Gasteiger partial charge in [-0.25, -0.2) is 14.4 Å². The topological polar surface area (TPSA) is 279 Å². The molecule has 8 aliphatic rings. The Kier molecular flexibility index (Phi) is 58.0. The van der Waals surface area contributed by atoms with Gasteiger partial charge in [0.25, 0.3) is 11.8 Å². The molecule has 8 rings (SSSR count). The van der Waals surface area contributed by atoms with E-state index >= 15 is 0 Å². The van der Waals surface area contributed by atoms with Crippen LogP contribution < -0.4 is 0 Å². The smallest absolute Gasteiger partial charge is 0.422 e. The van der Waals surface area contributed by atoms with E-state index in [4.69, 9.17) is 52.1 Å². The zero-order chi connectivity index (χ0) is 71.2. The zero-order valence-corrected chi connectivity index (χ0v) is 57.5. The number of ketones is 1. The molecule has 0 N–H and O–H groups in total. The molecule has 0 radical (unpaired) electrons. The number of nitrogens with zero attached hydrogens (tertiary/aromatic N) is 1. The van der Waals surface area contributed by atoms with Crippen molar-refractivity contribution in [3.63, 3.8) is 0 Å². The number of carbonyl (C=O) groups is 6. The van der Waals surface area contributed by atoms with Gasteiger partial charge in [-0.05, 0) is 79.2 Å². The molecule has 7 aliphatic heterocycles. The van der Waals surface area contributed by atoms with E-state index in [9.17, 15) is 41.9 Å². The van der Waals surface area contributed by atoms with E-state index in [1.807, 2.05) is 6.92 Å². The van der Waals surface area contributed by atoms with Gasteiger partial charge in [-0.15, -0.1) is 6.58 Å². The van der Waals surface area contributed by atoms with Gasteiger partial charge < -0.3 is 80.5 Å². The van der Waals surface area contributed by atoms with E-state index in [1.165, 1.54) is 78.6 Å². The van der Waals surface area contributed by atoms with Gasteiger partial charge in [0, 0.05) is 85.5 Å². The Morgan fingerprint density at radius 3 is 1.40 bits per heavy atom. The monoisotopic (exact) mass is 1320 g/mol. The number of amides is 2. The minimum atomic E-state index is -4.69. The number of esters is 3. The number of halogens is 3. The van der Waals surface area contributed by atoms with E-state index in [-0.39, 0.29) is 48.2 Å². The lowest BCUT2D eigenvalue weighted by Crippen LogP contribution is -2.45. The lowest BCUT2D eigenvalue weighted by molar-refractivity contribution is -0.148. The van der Waals surface area contributed by atoms with Crippen LogP contribution in [-0.4, -0.2) is 246 Å². The fraction of sp³-hybridized carbons (Fsp3) is 0.688. The summed E-state index contributed by atoms with van der Waals surface area (Å²) in [6.07, 6.45) is 10.9. The van der Waals surface area contributed by atoms with Crippen LogP contribution in [0.5, 0.6) is 0 Å². The molecule has 6 saturated heterocycles. The summed E-state index contributed by atoms with van der Waals surface area (Å²) in [6, 6.07) is 0. The molecule has 1 aliphatic carbocycles. The zero-order valence-electron chi connectivity index (χ0n) is 57.5. The minimum Gasteiger partial charge on any atom is -0.505 e. The van der Waals surface area contributed by atoms with Gasteiger partial charge in [-0.1, -0.05) is 45.9 Å². The van der Waals surface area contributed by atoms with Crippen LogP contribution in [0.2, 0.25) is 0 Å². The third kappa shape index (κ3) is 58.1.